The van der Waals surface area contributed by atoms with Gasteiger partial charge in [0.15, 0.2) is 0 Å². The molecular weight excluding hydrogens is 288 g/mol. The standard InChI is InChI=1S/C15H13ClN4O/c1-10-4-5-17-13(6-10)19-15(21)7-12-9-20-8-11(16)2-3-14(20)18-12/h2-6,8-9H,7H2,1H3,(H,17,19,21). The van der Waals surface area contributed by atoms with Crippen molar-refractivity contribution >= 4 is 29.0 Å². The molecule has 1 N–H and O–H groups in total. The Morgan fingerprint density at radius 1 is 1.33 bits per heavy atom. The second-order valence-electron chi connectivity index (χ2n) is 4.79. The number of hydrogen-bond donors (Lipinski definition) is 1. The summed E-state index contributed by atoms with van der Waals surface area (Å²) >= 11 is 5.92. The largest absolute Gasteiger partial charge is 0.310 e. The van der Waals surface area contributed by atoms with Crippen molar-refractivity contribution in [1.29, 1.82) is 0 Å². The van der Waals surface area contributed by atoms with Gasteiger partial charge >= 0.3 is 0 Å². The fraction of sp³-hybridized carbons (Fsp3) is 0.133. The average Bonchev–Trinajstić information content (AvgIpc) is 2.79. The number of anilines is 1. The van der Waals surface area contributed by atoms with Crippen LogP contribution in [0.25, 0.3) is 5.65 Å². The van der Waals surface area contributed by atoms with Crippen LogP contribution >= 0.6 is 11.6 Å². The summed E-state index contributed by atoms with van der Waals surface area (Å²) in [5.41, 5.74) is 2.49. The third kappa shape index (κ3) is 3.20. The van der Waals surface area contributed by atoms with Crippen LogP contribution in [0.4, 0.5) is 5.82 Å². The number of aryl methyl sites for hydroxylation is 1. The van der Waals surface area contributed by atoms with Crippen molar-refractivity contribution < 1.29 is 4.79 Å². The first kappa shape index (κ1) is 13.6. The molecule has 21 heavy (non-hydrogen) atoms. The number of nitrogens with one attached hydrogen (secondary N) is 1. The summed E-state index contributed by atoms with van der Waals surface area (Å²) in [5.74, 6) is 0.398. The Balaban J connectivity index is 1.74. The van der Waals surface area contributed by atoms with E-state index in [0.29, 0.717) is 16.5 Å². The highest BCUT2D eigenvalue weighted by Gasteiger charge is 2.09. The van der Waals surface area contributed by atoms with E-state index in [1.807, 2.05) is 25.1 Å². The molecule has 6 heteroatoms. The molecule has 0 fully saturated rings. The van der Waals surface area contributed by atoms with Crippen molar-refractivity contribution in [3.05, 3.63) is 59.1 Å². The van der Waals surface area contributed by atoms with E-state index in [0.717, 1.165) is 11.2 Å². The van der Waals surface area contributed by atoms with Gasteiger partial charge in [0, 0.05) is 18.6 Å². The molecule has 0 saturated heterocycles. The van der Waals surface area contributed by atoms with Crippen LogP contribution in [0, 0.1) is 6.92 Å². The number of fused-ring (bicyclic) bond motifs is 1. The van der Waals surface area contributed by atoms with Crippen LogP contribution in [0.3, 0.4) is 0 Å². The Morgan fingerprint density at radius 2 is 2.19 bits per heavy atom. The summed E-state index contributed by atoms with van der Waals surface area (Å²) in [6, 6.07) is 7.28. The molecule has 0 unspecified atom stereocenters. The molecule has 0 saturated carbocycles. The summed E-state index contributed by atoms with van der Waals surface area (Å²) < 4.78 is 1.80. The predicted octanol–water partition coefficient (Wildman–Crippen LogP) is 2.87. The molecule has 3 aromatic rings. The number of hydrogen-bond acceptors (Lipinski definition) is 3. The fourth-order valence-corrected chi connectivity index (χ4v) is 2.23. The zero-order chi connectivity index (χ0) is 14.8. The van der Waals surface area contributed by atoms with Gasteiger partial charge in [-0.1, -0.05) is 11.6 Å². The highest BCUT2D eigenvalue weighted by atomic mass is 35.5. The molecule has 3 rings (SSSR count). The van der Waals surface area contributed by atoms with Crippen LogP contribution in [0.1, 0.15) is 11.3 Å². The average molecular weight is 301 g/mol. The maximum Gasteiger partial charge on any atom is 0.231 e. The topological polar surface area (TPSA) is 59.3 Å². The van der Waals surface area contributed by atoms with E-state index in [1.54, 1.807) is 29.1 Å². The summed E-state index contributed by atoms with van der Waals surface area (Å²) in [5, 5.41) is 3.39. The smallest absolute Gasteiger partial charge is 0.231 e. The number of imidazole rings is 1. The van der Waals surface area contributed by atoms with Crippen molar-refractivity contribution in [2.75, 3.05) is 5.32 Å². The van der Waals surface area contributed by atoms with E-state index in [2.05, 4.69) is 15.3 Å². The lowest BCUT2D eigenvalue weighted by Gasteiger charge is -2.03. The number of aromatic nitrogens is 3. The van der Waals surface area contributed by atoms with E-state index in [-0.39, 0.29) is 12.3 Å². The van der Waals surface area contributed by atoms with Crippen LogP contribution in [0.5, 0.6) is 0 Å². The number of halogens is 1. The zero-order valence-electron chi connectivity index (χ0n) is 11.4. The summed E-state index contributed by atoms with van der Waals surface area (Å²) in [7, 11) is 0. The van der Waals surface area contributed by atoms with Crippen molar-refractivity contribution in [2.45, 2.75) is 13.3 Å². The van der Waals surface area contributed by atoms with Gasteiger partial charge in [0.1, 0.15) is 11.5 Å². The SMILES string of the molecule is Cc1ccnc(NC(=O)Cc2cn3cc(Cl)ccc3n2)c1. The molecular formula is C15H13ClN4O. The zero-order valence-corrected chi connectivity index (χ0v) is 12.1. The minimum absolute atomic E-state index is 0.150. The van der Waals surface area contributed by atoms with Gasteiger partial charge in [0.2, 0.25) is 5.91 Å². The normalized spacial score (nSPS) is 10.8. The Bertz CT molecular complexity index is 812. The number of carbonyl (C=O) groups is 1. The van der Waals surface area contributed by atoms with Gasteiger partial charge in [-0.15, -0.1) is 0 Å². The second kappa shape index (κ2) is 5.54. The highest BCUT2D eigenvalue weighted by molar-refractivity contribution is 6.30. The maximum absolute atomic E-state index is 12.0. The monoisotopic (exact) mass is 300 g/mol. The lowest BCUT2D eigenvalue weighted by molar-refractivity contribution is -0.115. The molecule has 5 nitrogen and oxygen atoms in total. The Hall–Kier alpha value is -2.40. The van der Waals surface area contributed by atoms with Crippen molar-refractivity contribution in [1.82, 2.24) is 14.4 Å². The van der Waals surface area contributed by atoms with Gasteiger partial charge in [-0.2, -0.15) is 0 Å². The fourth-order valence-electron chi connectivity index (χ4n) is 2.06. The molecule has 0 radical (unpaired) electrons. The van der Waals surface area contributed by atoms with Gasteiger partial charge in [-0.25, -0.2) is 9.97 Å². The lowest BCUT2D eigenvalue weighted by Crippen LogP contribution is -2.15. The van der Waals surface area contributed by atoms with Gasteiger partial charge in [0.05, 0.1) is 17.1 Å². The van der Waals surface area contributed by atoms with Gasteiger partial charge in [-0.3, -0.25) is 4.79 Å². The van der Waals surface area contributed by atoms with E-state index < -0.39 is 0 Å². The maximum atomic E-state index is 12.0. The van der Waals surface area contributed by atoms with E-state index in [1.165, 1.54) is 0 Å². The number of amides is 1. The molecule has 3 aromatic heterocycles. The molecule has 0 aliphatic rings. The first-order chi connectivity index (χ1) is 10.1. The third-order valence-electron chi connectivity index (χ3n) is 2.99. The van der Waals surface area contributed by atoms with Crippen LogP contribution in [0.15, 0.2) is 42.9 Å². The lowest BCUT2D eigenvalue weighted by atomic mass is 10.3. The number of carbonyl (C=O) groups excluding carboxylic acids is 1. The molecule has 0 atom stereocenters. The highest BCUT2D eigenvalue weighted by Crippen LogP contribution is 2.12. The van der Waals surface area contributed by atoms with Crippen LogP contribution < -0.4 is 5.32 Å². The van der Waals surface area contributed by atoms with Gasteiger partial charge in [0.25, 0.3) is 0 Å². The number of rotatable bonds is 3. The van der Waals surface area contributed by atoms with Crippen molar-refractivity contribution in [2.24, 2.45) is 0 Å². The minimum atomic E-state index is -0.150. The van der Waals surface area contributed by atoms with E-state index in [4.69, 9.17) is 11.6 Å². The molecule has 0 spiro atoms. The predicted molar refractivity (Wildman–Crippen MR) is 81.5 cm³/mol. The molecule has 106 valence electrons. The molecule has 3 heterocycles. The molecule has 0 aromatic carbocycles. The Kier molecular flexibility index (Phi) is 3.58. The molecule has 0 aliphatic heterocycles. The summed E-state index contributed by atoms with van der Waals surface area (Å²) in [6.07, 6.45) is 5.41. The first-order valence-electron chi connectivity index (χ1n) is 6.46. The van der Waals surface area contributed by atoms with E-state index >= 15 is 0 Å². The summed E-state index contributed by atoms with van der Waals surface area (Å²) in [6.45, 7) is 1.95. The van der Waals surface area contributed by atoms with Crippen LogP contribution in [0.2, 0.25) is 5.02 Å². The minimum Gasteiger partial charge on any atom is -0.310 e. The molecule has 0 bridgehead atoms. The third-order valence-corrected chi connectivity index (χ3v) is 3.21. The first-order valence-corrected chi connectivity index (χ1v) is 6.83. The Morgan fingerprint density at radius 3 is 3.00 bits per heavy atom. The number of nitrogens with zero attached hydrogens (tertiary/aromatic N) is 3. The van der Waals surface area contributed by atoms with Crippen molar-refractivity contribution in [3.63, 3.8) is 0 Å². The van der Waals surface area contributed by atoms with Gasteiger partial charge in [-0.05, 0) is 36.8 Å². The van der Waals surface area contributed by atoms with Crippen LogP contribution in [-0.4, -0.2) is 20.3 Å². The Labute approximate surface area is 126 Å². The number of pyridine rings is 2. The van der Waals surface area contributed by atoms with Crippen molar-refractivity contribution in [3.8, 4) is 0 Å². The van der Waals surface area contributed by atoms with E-state index in [9.17, 15) is 4.79 Å². The quantitative estimate of drug-likeness (QED) is 0.809. The molecule has 1 amide bonds. The molecule has 0 aliphatic carbocycles. The van der Waals surface area contributed by atoms with Gasteiger partial charge < -0.3 is 9.72 Å². The second-order valence-corrected chi connectivity index (χ2v) is 5.22. The summed E-state index contributed by atoms with van der Waals surface area (Å²) in [4.78, 5) is 20.5. The van der Waals surface area contributed by atoms with Crippen LogP contribution in [-0.2, 0) is 11.2 Å².